The number of amides is 1. The second-order valence-electron chi connectivity index (χ2n) is 4.57. The van der Waals surface area contributed by atoms with Crippen molar-refractivity contribution in [2.75, 3.05) is 20.6 Å². The molecule has 4 nitrogen and oxygen atoms in total. The minimum atomic E-state index is -0.384. The van der Waals surface area contributed by atoms with Crippen molar-refractivity contribution in [1.82, 2.24) is 10.2 Å². The van der Waals surface area contributed by atoms with Gasteiger partial charge < -0.3 is 10.2 Å². The van der Waals surface area contributed by atoms with E-state index in [-0.39, 0.29) is 17.3 Å². The van der Waals surface area contributed by atoms with Gasteiger partial charge in [0.15, 0.2) is 0 Å². The van der Waals surface area contributed by atoms with Crippen LogP contribution < -0.4 is 5.32 Å². The first-order valence-corrected chi connectivity index (χ1v) is 6.80. The zero-order chi connectivity index (χ0) is 15.1. The lowest BCUT2D eigenvalue weighted by Crippen LogP contribution is -2.30. The first-order valence-electron chi connectivity index (χ1n) is 6.43. The molecule has 0 aliphatic rings. The second kappa shape index (κ2) is 7.70. The van der Waals surface area contributed by atoms with E-state index in [1.807, 2.05) is 6.92 Å². The van der Waals surface area contributed by atoms with Gasteiger partial charge in [-0.1, -0.05) is 30.7 Å². The predicted octanol–water partition coefficient (Wildman–Crippen LogP) is 2.49. The third kappa shape index (κ3) is 4.38. The molecule has 0 bridgehead atoms. The van der Waals surface area contributed by atoms with Crippen molar-refractivity contribution in [3.63, 3.8) is 0 Å². The monoisotopic (exact) mass is 294 g/mol. The molecule has 0 unspecified atom stereocenters. The molecule has 1 N–H and O–H groups in total. The molecule has 5 heteroatoms. The number of hydrogen-bond donors (Lipinski definition) is 1. The lowest BCUT2D eigenvalue weighted by atomic mass is 10.0. The number of nitrogens with zero attached hydrogens (tertiary/aromatic N) is 1. The van der Waals surface area contributed by atoms with E-state index in [9.17, 15) is 9.59 Å². The standard InChI is InChI=1S/C15H19ClN2O2/c1-4-9-17-15(20)12(10-18(2)3)14(19)11-7-5-6-8-13(11)16/h5-8,10H,4,9H2,1-3H3,(H,17,20)/b12-10+. The van der Waals surface area contributed by atoms with Gasteiger partial charge in [-0.05, 0) is 18.6 Å². The molecule has 0 fully saturated rings. The van der Waals surface area contributed by atoms with Crippen LogP contribution in [0, 0.1) is 0 Å². The lowest BCUT2D eigenvalue weighted by molar-refractivity contribution is -0.117. The Balaban J connectivity index is 3.09. The molecule has 1 amide bonds. The maximum atomic E-state index is 12.5. The predicted molar refractivity (Wildman–Crippen MR) is 80.9 cm³/mol. The summed E-state index contributed by atoms with van der Waals surface area (Å²) in [6.45, 7) is 2.48. The van der Waals surface area contributed by atoms with Crippen LogP contribution >= 0.6 is 11.6 Å². The highest BCUT2D eigenvalue weighted by atomic mass is 35.5. The van der Waals surface area contributed by atoms with E-state index >= 15 is 0 Å². The minimum Gasteiger partial charge on any atom is -0.383 e. The minimum absolute atomic E-state index is 0.0801. The Morgan fingerprint density at radius 2 is 1.95 bits per heavy atom. The number of halogens is 1. The molecule has 0 saturated carbocycles. The summed E-state index contributed by atoms with van der Waals surface area (Å²) in [5.41, 5.74) is 0.408. The Morgan fingerprint density at radius 3 is 2.50 bits per heavy atom. The van der Waals surface area contributed by atoms with Gasteiger partial charge in [0.2, 0.25) is 5.78 Å². The van der Waals surface area contributed by atoms with Crippen LogP contribution in [-0.4, -0.2) is 37.2 Å². The molecule has 0 atom stereocenters. The summed E-state index contributed by atoms with van der Waals surface area (Å²) >= 11 is 6.02. The SMILES string of the molecule is CCCNC(=O)/C(=C/N(C)C)C(=O)c1ccccc1Cl. The second-order valence-corrected chi connectivity index (χ2v) is 4.98. The zero-order valence-electron chi connectivity index (χ0n) is 11.9. The summed E-state index contributed by atoms with van der Waals surface area (Å²) in [5, 5.41) is 3.05. The highest BCUT2D eigenvalue weighted by Gasteiger charge is 2.21. The van der Waals surface area contributed by atoms with Crippen LogP contribution in [0.1, 0.15) is 23.7 Å². The Morgan fingerprint density at radius 1 is 1.30 bits per heavy atom. The maximum Gasteiger partial charge on any atom is 0.256 e. The van der Waals surface area contributed by atoms with Crippen molar-refractivity contribution in [2.24, 2.45) is 0 Å². The molecule has 0 spiro atoms. The quantitative estimate of drug-likeness (QED) is 0.379. The Kier molecular flexibility index (Phi) is 6.25. The topological polar surface area (TPSA) is 49.4 Å². The van der Waals surface area contributed by atoms with Crippen LogP contribution in [-0.2, 0) is 4.79 Å². The van der Waals surface area contributed by atoms with Gasteiger partial charge in [-0.15, -0.1) is 0 Å². The third-order valence-corrected chi connectivity index (χ3v) is 2.86. The molecule has 108 valence electrons. The average molecular weight is 295 g/mol. The molecule has 0 aliphatic carbocycles. The highest BCUT2D eigenvalue weighted by molar-refractivity contribution is 6.37. The zero-order valence-corrected chi connectivity index (χ0v) is 12.7. The molecular formula is C15H19ClN2O2. The Bertz CT molecular complexity index is 524. The molecule has 0 aliphatic heterocycles. The Labute approximate surface area is 124 Å². The molecule has 0 saturated heterocycles. The molecule has 1 aromatic carbocycles. The van der Waals surface area contributed by atoms with Crippen LogP contribution in [0.2, 0.25) is 5.02 Å². The van der Waals surface area contributed by atoms with Gasteiger partial charge >= 0.3 is 0 Å². The van der Waals surface area contributed by atoms with Gasteiger partial charge in [0.05, 0.1) is 5.02 Å². The summed E-state index contributed by atoms with van der Waals surface area (Å²) in [5.74, 6) is -0.761. The van der Waals surface area contributed by atoms with Gasteiger partial charge in [-0.25, -0.2) is 0 Å². The maximum absolute atomic E-state index is 12.5. The van der Waals surface area contributed by atoms with E-state index in [0.29, 0.717) is 17.1 Å². The van der Waals surface area contributed by atoms with Crippen molar-refractivity contribution < 1.29 is 9.59 Å². The fraction of sp³-hybridized carbons (Fsp3) is 0.333. The summed E-state index contributed by atoms with van der Waals surface area (Å²) in [7, 11) is 3.51. The number of carbonyl (C=O) groups excluding carboxylic acids is 2. The Hall–Kier alpha value is -1.81. The number of carbonyl (C=O) groups is 2. The first-order chi connectivity index (χ1) is 9.47. The lowest BCUT2D eigenvalue weighted by Gasteiger charge is -2.12. The fourth-order valence-electron chi connectivity index (χ4n) is 1.60. The van der Waals surface area contributed by atoms with Crippen molar-refractivity contribution in [3.8, 4) is 0 Å². The van der Waals surface area contributed by atoms with Gasteiger partial charge in [0.25, 0.3) is 5.91 Å². The molecule has 20 heavy (non-hydrogen) atoms. The van der Waals surface area contributed by atoms with Crippen molar-refractivity contribution >= 4 is 23.3 Å². The third-order valence-electron chi connectivity index (χ3n) is 2.53. The first kappa shape index (κ1) is 16.2. The van der Waals surface area contributed by atoms with E-state index in [1.54, 1.807) is 43.3 Å². The van der Waals surface area contributed by atoms with Crippen molar-refractivity contribution in [2.45, 2.75) is 13.3 Å². The van der Waals surface area contributed by atoms with Crippen LogP contribution in [0.15, 0.2) is 36.0 Å². The number of Topliss-reactive ketones (excluding diaryl/α,β-unsaturated/α-hetero) is 1. The number of ketones is 1. The van der Waals surface area contributed by atoms with E-state index < -0.39 is 0 Å². The number of rotatable bonds is 6. The number of nitrogens with one attached hydrogen (secondary N) is 1. The van der Waals surface area contributed by atoms with E-state index in [1.165, 1.54) is 6.20 Å². The molecule has 0 heterocycles. The van der Waals surface area contributed by atoms with Crippen molar-refractivity contribution in [3.05, 3.63) is 46.6 Å². The van der Waals surface area contributed by atoms with Gasteiger partial charge in [0, 0.05) is 32.4 Å². The molecule has 1 rings (SSSR count). The van der Waals surface area contributed by atoms with Crippen LogP contribution in [0.25, 0.3) is 0 Å². The summed E-state index contributed by atoms with van der Waals surface area (Å²) < 4.78 is 0. The van der Waals surface area contributed by atoms with E-state index in [0.717, 1.165) is 6.42 Å². The molecule has 0 aromatic heterocycles. The summed E-state index contributed by atoms with van der Waals surface area (Å²) in [6, 6.07) is 6.70. The summed E-state index contributed by atoms with van der Waals surface area (Å²) in [6.07, 6.45) is 2.32. The van der Waals surface area contributed by atoms with Gasteiger partial charge in [-0.3, -0.25) is 9.59 Å². The van der Waals surface area contributed by atoms with Gasteiger partial charge in [0.1, 0.15) is 5.57 Å². The van der Waals surface area contributed by atoms with Crippen LogP contribution in [0.4, 0.5) is 0 Å². The average Bonchev–Trinajstić information content (AvgIpc) is 2.41. The molecule has 0 radical (unpaired) electrons. The number of benzene rings is 1. The summed E-state index contributed by atoms with van der Waals surface area (Å²) in [4.78, 5) is 26.2. The molecular weight excluding hydrogens is 276 g/mol. The normalized spacial score (nSPS) is 11.1. The van der Waals surface area contributed by atoms with Crippen molar-refractivity contribution in [1.29, 1.82) is 0 Å². The van der Waals surface area contributed by atoms with Crippen LogP contribution in [0.3, 0.4) is 0 Å². The van der Waals surface area contributed by atoms with E-state index in [2.05, 4.69) is 5.32 Å². The van der Waals surface area contributed by atoms with E-state index in [4.69, 9.17) is 11.6 Å². The number of hydrogen-bond acceptors (Lipinski definition) is 3. The van der Waals surface area contributed by atoms with Gasteiger partial charge in [-0.2, -0.15) is 0 Å². The highest BCUT2D eigenvalue weighted by Crippen LogP contribution is 2.19. The largest absolute Gasteiger partial charge is 0.383 e. The smallest absolute Gasteiger partial charge is 0.256 e. The molecule has 1 aromatic rings. The van der Waals surface area contributed by atoms with Crippen LogP contribution in [0.5, 0.6) is 0 Å². The fourth-order valence-corrected chi connectivity index (χ4v) is 1.82.